The van der Waals surface area contributed by atoms with Crippen molar-refractivity contribution in [1.82, 2.24) is 14.8 Å². The molecule has 2 amide bonds. The van der Waals surface area contributed by atoms with Crippen LogP contribution in [0.1, 0.15) is 55.5 Å². The van der Waals surface area contributed by atoms with E-state index in [1.807, 2.05) is 30.3 Å². The molecule has 0 saturated heterocycles. The molecule has 1 aromatic carbocycles. The van der Waals surface area contributed by atoms with Crippen molar-refractivity contribution in [3.05, 3.63) is 69.3 Å². The Morgan fingerprint density at radius 1 is 1.03 bits per heavy atom. The summed E-state index contributed by atoms with van der Waals surface area (Å²) in [4.78, 5) is 36.7. The molecule has 0 unspecified atom stereocenters. The van der Waals surface area contributed by atoms with Crippen LogP contribution in [-0.4, -0.2) is 26.6 Å². The molecule has 8 nitrogen and oxygen atoms in total. The van der Waals surface area contributed by atoms with E-state index in [4.69, 9.17) is 0 Å². The summed E-state index contributed by atoms with van der Waals surface area (Å²) >= 11 is 1.32. The highest BCUT2D eigenvalue weighted by Crippen LogP contribution is 2.28. The fourth-order valence-corrected chi connectivity index (χ4v) is 5.20. The average molecular weight is 512 g/mol. The van der Waals surface area contributed by atoms with Gasteiger partial charge in [-0.2, -0.15) is 4.39 Å². The molecule has 0 bridgehead atoms. The molecule has 36 heavy (non-hydrogen) atoms. The molecule has 3 aromatic rings. The molecule has 0 atom stereocenters. The SMILES string of the molecule is O=C(Cc1ccccc1)Nc1nnc(CCCCn2ccc(NC(=O)CC3CCCC3)c(F)c2=O)s1. The first-order valence-electron chi connectivity index (χ1n) is 12.3. The Balaban J connectivity index is 1.20. The second kappa shape index (κ2) is 12.5. The van der Waals surface area contributed by atoms with Crippen LogP contribution < -0.4 is 16.2 Å². The number of anilines is 2. The molecule has 10 heteroatoms. The van der Waals surface area contributed by atoms with Gasteiger partial charge in [-0.25, -0.2) is 0 Å². The molecule has 1 aliphatic carbocycles. The number of halogens is 1. The summed E-state index contributed by atoms with van der Waals surface area (Å²) in [5.74, 6) is -0.977. The lowest BCUT2D eigenvalue weighted by Crippen LogP contribution is -2.25. The van der Waals surface area contributed by atoms with Crippen molar-refractivity contribution in [1.29, 1.82) is 0 Å². The summed E-state index contributed by atoms with van der Waals surface area (Å²) in [5.41, 5.74) is 0.119. The fraction of sp³-hybridized carbons (Fsp3) is 0.423. The molecule has 190 valence electrons. The average Bonchev–Trinajstić information content (AvgIpc) is 3.53. The largest absolute Gasteiger partial charge is 0.323 e. The molecule has 1 aliphatic rings. The molecule has 0 radical (unpaired) electrons. The number of nitrogens with zero attached hydrogens (tertiary/aromatic N) is 3. The number of benzene rings is 1. The van der Waals surface area contributed by atoms with E-state index in [-0.39, 0.29) is 23.9 Å². The summed E-state index contributed by atoms with van der Waals surface area (Å²) in [7, 11) is 0. The minimum Gasteiger partial charge on any atom is -0.323 e. The smallest absolute Gasteiger partial charge is 0.288 e. The third-order valence-electron chi connectivity index (χ3n) is 6.29. The number of pyridine rings is 1. The monoisotopic (exact) mass is 511 g/mol. The van der Waals surface area contributed by atoms with Gasteiger partial charge in [0.15, 0.2) is 0 Å². The van der Waals surface area contributed by atoms with Gasteiger partial charge in [0, 0.05) is 25.6 Å². The minimum atomic E-state index is -0.933. The second-order valence-corrected chi connectivity index (χ2v) is 10.2. The van der Waals surface area contributed by atoms with Gasteiger partial charge in [-0.1, -0.05) is 54.5 Å². The standard InChI is InChI=1S/C26H30FN5O3S/c27-24-20(28-21(33)16-19-10-4-5-11-19)13-15-32(25(24)35)14-7-6-12-23-30-31-26(36-23)29-22(34)17-18-8-2-1-3-9-18/h1-3,8-9,13,15,19H,4-7,10-12,14,16-17H2,(H,28,33)(H,29,31,34). The first kappa shape index (κ1) is 25.7. The van der Waals surface area contributed by atoms with Gasteiger partial charge in [-0.3, -0.25) is 14.4 Å². The third-order valence-corrected chi connectivity index (χ3v) is 7.19. The van der Waals surface area contributed by atoms with Gasteiger partial charge in [0.25, 0.3) is 5.56 Å². The first-order chi connectivity index (χ1) is 17.5. The van der Waals surface area contributed by atoms with Crippen molar-refractivity contribution in [2.75, 3.05) is 10.6 Å². The number of hydrogen-bond acceptors (Lipinski definition) is 6. The van der Waals surface area contributed by atoms with Crippen LogP contribution in [0.15, 0.2) is 47.4 Å². The Hall–Kier alpha value is -3.40. The van der Waals surface area contributed by atoms with Crippen molar-refractivity contribution in [3.63, 3.8) is 0 Å². The first-order valence-corrected chi connectivity index (χ1v) is 13.1. The van der Waals surface area contributed by atoms with E-state index in [9.17, 15) is 18.8 Å². The van der Waals surface area contributed by atoms with E-state index in [1.54, 1.807) is 0 Å². The van der Waals surface area contributed by atoms with E-state index in [1.165, 1.54) is 28.2 Å². The Morgan fingerprint density at radius 2 is 1.81 bits per heavy atom. The van der Waals surface area contributed by atoms with E-state index >= 15 is 0 Å². The van der Waals surface area contributed by atoms with Crippen LogP contribution in [0, 0.1) is 11.7 Å². The number of hydrogen-bond donors (Lipinski definition) is 2. The number of unbranched alkanes of at least 4 members (excludes halogenated alkanes) is 1. The van der Waals surface area contributed by atoms with Crippen molar-refractivity contribution in [2.45, 2.75) is 64.3 Å². The van der Waals surface area contributed by atoms with E-state index in [0.717, 1.165) is 42.7 Å². The molecule has 2 aromatic heterocycles. The molecular formula is C26H30FN5O3S. The van der Waals surface area contributed by atoms with Crippen molar-refractivity contribution < 1.29 is 14.0 Å². The van der Waals surface area contributed by atoms with Crippen LogP contribution in [-0.2, 0) is 29.0 Å². The molecule has 0 aliphatic heterocycles. The Bertz CT molecular complexity index is 1240. The molecule has 4 rings (SSSR count). The van der Waals surface area contributed by atoms with Crippen LogP contribution in [0.25, 0.3) is 0 Å². The van der Waals surface area contributed by atoms with E-state index < -0.39 is 11.4 Å². The van der Waals surface area contributed by atoms with Crippen LogP contribution in [0.3, 0.4) is 0 Å². The summed E-state index contributed by atoms with van der Waals surface area (Å²) in [6.45, 7) is 0.353. The third kappa shape index (κ3) is 7.30. The number of carbonyl (C=O) groups is 2. The lowest BCUT2D eigenvalue weighted by atomic mass is 10.0. The maximum Gasteiger partial charge on any atom is 0.288 e. The highest BCUT2D eigenvalue weighted by Gasteiger charge is 2.20. The second-order valence-electron chi connectivity index (χ2n) is 9.11. The lowest BCUT2D eigenvalue weighted by Gasteiger charge is -2.11. The summed E-state index contributed by atoms with van der Waals surface area (Å²) in [6, 6.07) is 10.9. The Morgan fingerprint density at radius 3 is 2.58 bits per heavy atom. The van der Waals surface area contributed by atoms with Crippen LogP contribution in [0.5, 0.6) is 0 Å². The topological polar surface area (TPSA) is 106 Å². The molecular weight excluding hydrogens is 481 g/mol. The molecule has 2 heterocycles. The van der Waals surface area contributed by atoms with Gasteiger partial charge in [0.1, 0.15) is 5.01 Å². The quantitative estimate of drug-likeness (QED) is 0.367. The number of carbonyl (C=O) groups excluding carboxylic acids is 2. The van der Waals surface area contributed by atoms with E-state index in [2.05, 4.69) is 20.8 Å². The highest BCUT2D eigenvalue weighted by molar-refractivity contribution is 7.15. The van der Waals surface area contributed by atoms with Crippen LogP contribution in [0.2, 0.25) is 0 Å². The van der Waals surface area contributed by atoms with Gasteiger partial charge < -0.3 is 15.2 Å². The normalized spacial score (nSPS) is 13.6. The van der Waals surface area contributed by atoms with Crippen LogP contribution >= 0.6 is 11.3 Å². The van der Waals surface area contributed by atoms with Crippen molar-refractivity contribution in [3.8, 4) is 0 Å². The molecule has 2 N–H and O–H groups in total. The summed E-state index contributed by atoms with van der Waals surface area (Å²) in [6.07, 6.45) is 8.47. The number of aromatic nitrogens is 3. The molecule has 0 spiro atoms. The molecule has 1 saturated carbocycles. The maximum atomic E-state index is 14.6. The maximum absolute atomic E-state index is 14.6. The predicted molar refractivity (Wildman–Crippen MR) is 137 cm³/mol. The van der Waals surface area contributed by atoms with Gasteiger partial charge in [0.05, 0.1) is 12.1 Å². The van der Waals surface area contributed by atoms with Crippen LogP contribution in [0.4, 0.5) is 15.2 Å². The lowest BCUT2D eigenvalue weighted by molar-refractivity contribution is -0.117. The van der Waals surface area contributed by atoms with Gasteiger partial charge in [-0.15, -0.1) is 10.2 Å². The van der Waals surface area contributed by atoms with Gasteiger partial charge in [-0.05, 0) is 43.2 Å². The Kier molecular flexibility index (Phi) is 8.94. The predicted octanol–water partition coefficient (Wildman–Crippen LogP) is 4.56. The zero-order valence-electron chi connectivity index (χ0n) is 20.0. The van der Waals surface area contributed by atoms with Crippen molar-refractivity contribution in [2.24, 2.45) is 5.92 Å². The Labute approximate surface area is 213 Å². The number of amides is 2. The summed E-state index contributed by atoms with van der Waals surface area (Å²) in [5, 5.41) is 14.7. The van der Waals surface area contributed by atoms with Gasteiger partial charge >= 0.3 is 0 Å². The van der Waals surface area contributed by atoms with E-state index in [0.29, 0.717) is 36.9 Å². The summed E-state index contributed by atoms with van der Waals surface area (Å²) < 4.78 is 15.9. The van der Waals surface area contributed by atoms with Gasteiger partial charge in [0.2, 0.25) is 22.8 Å². The number of nitrogens with one attached hydrogen (secondary N) is 2. The number of aryl methyl sites for hydroxylation is 2. The highest BCUT2D eigenvalue weighted by atomic mass is 32.1. The zero-order valence-corrected chi connectivity index (χ0v) is 20.9. The zero-order chi connectivity index (χ0) is 25.3. The number of rotatable bonds is 11. The molecule has 1 fully saturated rings. The minimum absolute atomic E-state index is 0.0602. The fourth-order valence-electron chi connectivity index (χ4n) is 4.41. The van der Waals surface area contributed by atoms with Crippen molar-refractivity contribution >= 4 is 34.0 Å².